The van der Waals surface area contributed by atoms with Gasteiger partial charge in [0, 0.05) is 16.4 Å². The third-order valence-electron chi connectivity index (χ3n) is 2.35. The minimum absolute atomic E-state index is 0. The molecule has 0 fully saturated rings. The molecule has 24 heavy (non-hydrogen) atoms. The zero-order chi connectivity index (χ0) is 17.7. The van der Waals surface area contributed by atoms with Gasteiger partial charge in [-0.15, -0.1) is 11.8 Å². The first kappa shape index (κ1) is 25.0. The van der Waals surface area contributed by atoms with E-state index in [2.05, 4.69) is 55.8 Å². The second-order valence-corrected chi connectivity index (χ2v) is 6.85. The van der Waals surface area contributed by atoms with E-state index >= 15 is 0 Å². The maximum atomic E-state index is 9.00. The quantitative estimate of drug-likeness (QED) is 0.366. The second-order valence-electron chi connectivity index (χ2n) is 4.35. The van der Waals surface area contributed by atoms with Crippen molar-refractivity contribution in [1.82, 2.24) is 0 Å². The number of aliphatic carboxylic acids is 1. The van der Waals surface area contributed by atoms with Crippen LogP contribution >= 0.6 is 37.0 Å². The highest BCUT2D eigenvalue weighted by atomic mass is 32.2. The molecule has 0 radical (unpaired) electrons. The van der Waals surface area contributed by atoms with Gasteiger partial charge in [0.1, 0.15) is 5.75 Å². The number of benzene rings is 2. The summed E-state index contributed by atoms with van der Waals surface area (Å²) in [7, 11) is 0. The van der Waals surface area contributed by atoms with Crippen molar-refractivity contribution in [2.75, 3.05) is 6.26 Å². The predicted octanol–water partition coefficient (Wildman–Crippen LogP) is 3.80. The molecule has 4 N–H and O–H groups in total. The number of aromatic hydroxyl groups is 1. The van der Waals surface area contributed by atoms with Crippen LogP contribution in [0, 0.1) is 0 Å². The molecule has 0 unspecified atom stereocenters. The SMILES string of the molecule is CC(=O)O.CSc1ccccc1CC(S)S.O.Oc1ccccc1. The summed E-state index contributed by atoms with van der Waals surface area (Å²) in [6.45, 7) is 1.08. The summed E-state index contributed by atoms with van der Waals surface area (Å²) in [4.78, 5) is 10.3. The molecule has 0 saturated carbocycles. The highest BCUT2D eigenvalue weighted by Crippen LogP contribution is 2.22. The lowest BCUT2D eigenvalue weighted by Crippen LogP contribution is -1.95. The minimum atomic E-state index is -0.833. The third kappa shape index (κ3) is 14.3. The zero-order valence-electron chi connectivity index (χ0n) is 13.6. The monoisotopic (exact) mass is 388 g/mol. The number of rotatable bonds is 3. The van der Waals surface area contributed by atoms with Gasteiger partial charge in [-0.1, -0.05) is 36.4 Å². The Bertz CT molecular complexity index is 559. The van der Waals surface area contributed by atoms with Gasteiger partial charge >= 0.3 is 0 Å². The van der Waals surface area contributed by atoms with Gasteiger partial charge in [-0.3, -0.25) is 4.79 Å². The number of carboxylic acid groups (broad SMARTS) is 1. The average molecular weight is 389 g/mol. The van der Waals surface area contributed by atoms with Gasteiger partial charge in [0.15, 0.2) is 0 Å². The fourth-order valence-corrected chi connectivity index (χ4v) is 2.52. The fraction of sp³-hybridized carbons (Fsp3) is 0.235. The topological polar surface area (TPSA) is 89.0 Å². The molecule has 2 aromatic carbocycles. The van der Waals surface area contributed by atoms with E-state index in [4.69, 9.17) is 15.0 Å². The molecule has 0 amide bonds. The Kier molecular flexibility index (Phi) is 15.9. The lowest BCUT2D eigenvalue weighted by atomic mass is 10.2. The van der Waals surface area contributed by atoms with Crippen LogP contribution in [0.5, 0.6) is 5.75 Å². The minimum Gasteiger partial charge on any atom is -0.508 e. The van der Waals surface area contributed by atoms with Gasteiger partial charge in [-0.2, -0.15) is 25.3 Å². The Morgan fingerprint density at radius 2 is 1.54 bits per heavy atom. The normalized spacial score (nSPS) is 8.88. The fourth-order valence-electron chi connectivity index (χ4n) is 1.50. The first-order valence-corrected chi connectivity index (χ1v) is 9.04. The van der Waals surface area contributed by atoms with Gasteiger partial charge in [0.25, 0.3) is 5.97 Å². The third-order valence-corrected chi connectivity index (χ3v) is 3.55. The van der Waals surface area contributed by atoms with Crippen LogP contribution < -0.4 is 0 Å². The van der Waals surface area contributed by atoms with Crippen molar-refractivity contribution in [1.29, 1.82) is 0 Å². The Balaban J connectivity index is 0. The van der Waals surface area contributed by atoms with E-state index in [1.165, 1.54) is 10.5 Å². The van der Waals surface area contributed by atoms with E-state index in [0.717, 1.165) is 13.3 Å². The van der Waals surface area contributed by atoms with Crippen LogP contribution in [-0.4, -0.2) is 32.5 Å². The zero-order valence-corrected chi connectivity index (χ0v) is 16.2. The lowest BCUT2D eigenvalue weighted by Gasteiger charge is -2.07. The first-order valence-electron chi connectivity index (χ1n) is 6.78. The largest absolute Gasteiger partial charge is 0.508 e. The number of para-hydroxylation sites is 1. The van der Waals surface area contributed by atoms with Crippen LogP contribution in [0.25, 0.3) is 0 Å². The van der Waals surface area contributed by atoms with Crippen LogP contribution in [0.15, 0.2) is 59.5 Å². The van der Waals surface area contributed by atoms with Gasteiger partial charge < -0.3 is 15.7 Å². The van der Waals surface area contributed by atoms with E-state index < -0.39 is 5.97 Å². The van der Waals surface area contributed by atoms with Crippen molar-refractivity contribution in [2.45, 2.75) is 22.8 Å². The number of thioether (sulfide) groups is 1. The summed E-state index contributed by atoms with van der Waals surface area (Å²) < 4.78 is 0.137. The Hall–Kier alpha value is -1.28. The summed E-state index contributed by atoms with van der Waals surface area (Å²) in [5.74, 6) is -0.512. The lowest BCUT2D eigenvalue weighted by molar-refractivity contribution is -0.134. The highest BCUT2D eigenvalue weighted by Gasteiger charge is 2.02. The number of carbonyl (C=O) groups is 1. The molecule has 0 aliphatic carbocycles. The van der Waals surface area contributed by atoms with Crippen molar-refractivity contribution in [3.63, 3.8) is 0 Å². The molecule has 134 valence electrons. The number of hydrogen-bond acceptors (Lipinski definition) is 5. The Morgan fingerprint density at radius 3 is 1.92 bits per heavy atom. The molecule has 0 aliphatic rings. The van der Waals surface area contributed by atoms with Gasteiger partial charge in [0.05, 0.1) is 0 Å². The predicted molar refractivity (Wildman–Crippen MR) is 109 cm³/mol. The van der Waals surface area contributed by atoms with Crippen molar-refractivity contribution in [3.05, 3.63) is 60.2 Å². The molecule has 2 rings (SSSR count). The van der Waals surface area contributed by atoms with Crippen molar-refractivity contribution in [3.8, 4) is 5.75 Å². The molecule has 7 heteroatoms. The maximum Gasteiger partial charge on any atom is 0.300 e. The molecule has 0 saturated heterocycles. The van der Waals surface area contributed by atoms with Crippen molar-refractivity contribution >= 4 is 43.0 Å². The molecule has 0 spiro atoms. The van der Waals surface area contributed by atoms with Crippen LogP contribution in [0.1, 0.15) is 12.5 Å². The molecule has 2 aromatic rings. The number of thiol groups is 2. The highest BCUT2D eigenvalue weighted by molar-refractivity contribution is 7.99. The maximum absolute atomic E-state index is 9.00. The van der Waals surface area contributed by atoms with E-state index in [-0.39, 0.29) is 10.1 Å². The van der Waals surface area contributed by atoms with Gasteiger partial charge in [0.2, 0.25) is 0 Å². The Morgan fingerprint density at radius 1 is 1.08 bits per heavy atom. The molecule has 0 aliphatic heterocycles. The number of phenolic OH excluding ortho intramolecular Hbond substituents is 1. The number of carboxylic acids is 1. The molecule has 0 bridgehead atoms. The van der Waals surface area contributed by atoms with Gasteiger partial charge in [-0.25, -0.2) is 0 Å². The van der Waals surface area contributed by atoms with Crippen LogP contribution in [0.3, 0.4) is 0 Å². The van der Waals surface area contributed by atoms with Gasteiger partial charge in [-0.05, 0) is 36.4 Å². The first-order chi connectivity index (χ1) is 10.9. The number of phenols is 1. The smallest absolute Gasteiger partial charge is 0.300 e. The molecular weight excluding hydrogens is 364 g/mol. The van der Waals surface area contributed by atoms with Crippen LogP contribution in [0.2, 0.25) is 0 Å². The molecule has 0 heterocycles. The van der Waals surface area contributed by atoms with E-state index in [9.17, 15) is 0 Å². The van der Waals surface area contributed by atoms with E-state index in [0.29, 0.717) is 5.75 Å². The van der Waals surface area contributed by atoms with E-state index in [1.54, 1.807) is 36.0 Å². The van der Waals surface area contributed by atoms with Crippen LogP contribution in [0.4, 0.5) is 0 Å². The molecule has 4 nitrogen and oxygen atoms in total. The summed E-state index contributed by atoms with van der Waals surface area (Å²) >= 11 is 10.3. The summed E-state index contributed by atoms with van der Waals surface area (Å²) in [6, 6.07) is 17.1. The number of hydrogen-bond donors (Lipinski definition) is 4. The van der Waals surface area contributed by atoms with Crippen molar-refractivity contribution in [2.24, 2.45) is 0 Å². The summed E-state index contributed by atoms with van der Waals surface area (Å²) in [5.41, 5.74) is 1.33. The molecular formula is C17H24O4S3. The summed E-state index contributed by atoms with van der Waals surface area (Å²) in [6.07, 6.45) is 3.01. The molecule has 0 atom stereocenters. The standard InChI is InChI=1S/C9H12S3.C6H6O.C2H4O2.H2O/c1-12-8-5-3-2-4-7(8)6-9(10)11;7-6-4-2-1-3-5-6;1-2(3)4;/h2-5,9-11H,6H2,1H3;1-5,7H;1H3,(H,3,4);1H2. The summed E-state index contributed by atoms with van der Waals surface area (Å²) in [5, 5.41) is 16.0. The second kappa shape index (κ2) is 15.3. The average Bonchev–Trinajstić information content (AvgIpc) is 2.48. The van der Waals surface area contributed by atoms with Crippen LogP contribution in [-0.2, 0) is 11.2 Å². The molecule has 0 aromatic heterocycles. The van der Waals surface area contributed by atoms with Crippen molar-refractivity contribution < 1.29 is 20.5 Å². The van der Waals surface area contributed by atoms with E-state index in [1.807, 2.05) is 6.07 Å². The Labute approximate surface area is 158 Å².